The molecule has 2 aliphatic heterocycles. The molecule has 16 heteroatoms. The molecular weight excluding hydrogens is 815 g/mol. The minimum Gasteiger partial charge on any atom is -0.496 e. The summed E-state index contributed by atoms with van der Waals surface area (Å²) in [5.41, 5.74) is 2.60. The molecule has 0 unspecified atom stereocenters. The number of nitrogens with zero attached hydrogens (tertiary/aromatic N) is 4. The van der Waals surface area contributed by atoms with Gasteiger partial charge < -0.3 is 25.0 Å². The minimum atomic E-state index is -3.90. The molecule has 2 aromatic carbocycles. The zero-order valence-corrected chi connectivity index (χ0v) is 36.4. The van der Waals surface area contributed by atoms with Crippen LogP contribution in [0.15, 0.2) is 60.0 Å². The Labute approximate surface area is 360 Å². The number of rotatable bonds is 10. The van der Waals surface area contributed by atoms with E-state index in [0.717, 1.165) is 47.3 Å². The van der Waals surface area contributed by atoms with Gasteiger partial charge in [0.25, 0.3) is 5.91 Å². The smallest absolute Gasteiger partial charge is 0.259 e. The largest absolute Gasteiger partial charge is 0.496 e. The van der Waals surface area contributed by atoms with Gasteiger partial charge in [-0.3, -0.25) is 19.1 Å². The molecule has 5 atom stereocenters. The summed E-state index contributed by atoms with van der Waals surface area (Å²) in [5.74, 6) is -0.675. The first-order valence-corrected chi connectivity index (χ1v) is 23.4. The fraction of sp³-hybridized carbons (Fsp3) is 0.467. The average Bonchev–Trinajstić information content (AvgIpc) is 4.12. The summed E-state index contributed by atoms with van der Waals surface area (Å²) in [4.78, 5) is 58.5. The molecule has 0 spiro atoms. The van der Waals surface area contributed by atoms with Crippen molar-refractivity contribution < 1.29 is 32.3 Å². The van der Waals surface area contributed by atoms with Gasteiger partial charge in [0.15, 0.2) is 5.69 Å². The van der Waals surface area contributed by atoms with Crippen molar-refractivity contribution in [1.29, 1.82) is 0 Å². The number of methoxy groups -OCH3 is 1. The summed E-state index contributed by atoms with van der Waals surface area (Å²) in [6, 6.07) is 10.8. The van der Waals surface area contributed by atoms with Crippen LogP contribution in [0, 0.1) is 19.4 Å². The average molecular weight is 866 g/mol. The summed E-state index contributed by atoms with van der Waals surface area (Å²) in [6.45, 7) is 13.7. The summed E-state index contributed by atoms with van der Waals surface area (Å²) in [6.07, 6.45) is 8.11. The zero-order valence-electron chi connectivity index (χ0n) is 34.8. The molecule has 2 saturated carbocycles. The van der Waals surface area contributed by atoms with Crippen LogP contribution in [0.2, 0.25) is 0 Å². The molecule has 3 N–H and O–H groups in total. The number of amides is 3. The van der Waals surface area contributed by atoms with E-state index in [1.165, 1.54) is 16.2 Å². The van der Waals surface area contributed by atoms with Crippen LogP contribution < -0.4 is 24.8 Å². The van der Waals surface area contributed by atoms with Crippen molar-refractivity contribution in [3.8, 4) is 22.2 Å². The predicted molar refractivity (Wildman–Crippen MR) is 234 cm³/mol. The second-order valence-corrected chi connectivity index (χ2v) is 19.7. The van der Waals surface area contributed by atoms with Gasteiger partial charge >= 0.3 is 0 Å². The molecule has 4 aliphatic rings. The van der Waals surface area contributed by atoms with E-state index in [-0.39, 0.29) is 31.2 Å². The molecule has 0 radical (unpaired) electrons. The molecule has 2 aliphatic carbocycles. The van der Waals surface area contributed by atoms with Crippen molar-refractivity contribution in [3.05, 3.63) is 82.7 Å². The number of aromatic nitrogens is 2. The maximum Gasteiger partial charge on any atom is 0.259 e. The number of anilines is 1. The first-order chi connectivity index (χ1) is 29.3. The number of nitrogens with one attached hydrogen (secondary N) is 3. The highest BCUT2D eigenvalue weighted by molar-refractivity contribution is 7.91. The van der Waals surface area contributed by atoms with Crippen LogP contribution >= 0.6 is 11.3 Å². The molecule has 4 aromatic rings. The number of aryl methyl sites for hydroxylation is 1. The molecule has 320 valence electrons. The molecule has 61 heavy (non-hydrogen) atoms. The lowest BCUT2D eigenvalue weighted by molar-refractivity contribution is -0.140. The Balaban J connectivity index is 1.16. The molecule has 1 saturated heterocycles. The van der Waals surface area contributed by atoms with Crippen LogP contribution in [0.3, 0.4) is 0 Å². The molecule has 3 fully saturated rings. The van der Waals surface area contributed by atoms with E-state index in [0.29, 0.717) is 53.3 Å². The van der Waals surface area contributed by atoms with E-state index < -0.39 is 56.7 Å². The van der Waals surface area contributed by atoms with Gasteiger partial charge in [-0.25, -0.2) is 23.2 Å². The van der Waals surface area contributed by atoms with E-state index in [2.05, 4.69) is 34.0 Å². The second kappa shape index (κ2) is 17.1. The van der Waals surface area contributed by atoms with Gasteiger partial charge in [0, 0.05) is 40.4 Å². The number of benzene rings is 2. The zero-order chi connectivity index (χ0) is 43.1. The number of ether oxygens (including phenoxy) is 2. The molecular formula is C45H51N7O7S2. The normalized spacial score (nSPS) is 25.0. The summed E-state index contributed by atoms with van der Waals surface area (Å²) < 4.78 is 40.8. The van der Waals surface area contributed by atoms with Gasteiger partial charge in [-0.2, -0.15) is 0 Å². The number of thiazole rings is 1. The summed E-state index contributed by atoms with van der Waals surface area (Å²) >= 11 is 1.49. The third kappa shape index (κ3) is 8.81. The number of pyridine rings is 1. The van der Waals surface area contributed by atoms with E-state index >= 15 is 0 Å². The Morgan fingerprint density at radius 3 is 2.64 bits per heavy atom. The lowest BCUT2D eigenvalue weighted by atomic mass is 10.0. The minimum absolute atomic E-state index is 0.0544. The first kappa shape index (κ1) is 42.2. The van der Waals surface area contributed by atoms with Gasteiger partial charge in [-0.1, -0.05) is 51.0 Å². The van der Waals surface area contributed by atoms with Gasteiger partial charge in [-0.05, 0) is 75.6 Å². The van der Waals surface area contributed by atoms with Gasteiger partial charge in [0.05, 0.1) is 36.7 Å². The number of fused-ring (bicyclic) bond motifs is 3. The summed E-state index contributed by atoms with van der Waals surface area (Å²) in [7, 11) is -2.29. The van der Waals surface area contributed by atoms with Crippen molar-refractivity contribution in [2.45, 2.75) is 113 Å². The highest BCUT2D eigenvalue weighted by Gasteiger charge is 2.62. The molecule has 2 aromatic heterocycles. The van der Waals surface area contributed by atoms with Crippen molar-refractivity contribution in [2.75, 3.05) is 19.0 Å². The van der Waals surface area contributed by atoms with Gasteiger partial charge in [-0.15, -0.1) is 11.3 Å². The fourth-order valence-electron chi connectivity index (χ4n) is 8.37. The number of sulfonamides is 1. The molecule has 8 rings (SSSR count). The number of carbonyl (C=O) groups excluding carboxylic acids is 3. The third-order valence-electron chi connectivity index (χ3n) is 12.2. The Morgan fingerprint density at radius 1 is 1.08 bits per heavy atom. The Hall–Kier alpha value is -5.53. The lowest BCUT2D eigenvalue weighted by Crippen LogP contribution is -2.57. The fourth-order valence-corrected chi connectivity index (χ4v) is 10.7. The lowest BCUT2D eigenvalue weighted by Gasteiger charge is -2.30. The van der Waals surface area contributed by atoms with Gasteiger partial charge in [0.1, 0.15) is 45.9 Å². The van der Waals surface area contributed by atoms with Crippen molar-refractivity contribution >= 4 is 61.4 Å². The molecule has 0 bridgehead atoms. The van der Waals surface area contributed by atoms with Crippen LogP contribution in [0.1, 0.15) is 88.8 Å². The first-order valence-electron chi connectivity index (χ1n) is 21.0. The summed E-state index contributed by atoms with van der Waals surface area (Å²) in [5, 5.41) is 9.19. The van der Waals surface area contributed by atoms with Crippen LogP contribution in [-0.4, -0.2) is 83.6 Å². The SMILES string of the molecule is [C-]#[N+]c1cccc(N[C@H]2CCCCC/C=C\[C@@H]3C[C@@]3(C(=O)NS(=O)(=O)C3CC3)NC(=O)[C@@H]3C[C@@H](Oc4cc(-c5nc(C(C)C)cs5)nc5c(C)c(OC)ccc45)CN3C2=O)c1. The Morgan fingerprint density at radius 2 is 1.90 bits per heavy atom. The van der Waals surface area contributed by atoms with Crippen molar-refractivity contribution in [3.63, 3.8) is 0 Å². The van der Waals surface area contributed by atoms with E-state index in [1.54, 1.807) is 25.3 Å². The second-order valence-electron chi connectivity index (χ2n) is 16.9. The maximum atomic E-state index is 14.9. The van der Waals surface area contributed by atoms with E-state index in [4.69, 9.17) is 26.0 Å². The topological polar surface area (TPSA) is 173 Å². The van der Waals surface area contributed by atoms with Crippen LogP contribution in [0.4, 0.5) is 11.4 Å². The standard InChI is InChI=1S/C45H51N7O7S2/c1-26(2)36-25-60-42(49-36)35-22-39(33-18-19-38(58-5)27(3)40(33)48-35)59-31-21-37-41(53)50-45(44(55)51-61(56,57)32-16-17-32)23-28(45)12-9-7-6-8-10-15-34(43(54)52(37)24-31)47-30-14-11-13-29(20-30)46-4/h9,11-14,18-20,22,25-26,28,31-32,34,37,47H,6-8,10,15-17,21,23-24H2,1-3,5H3,(H,50,53)(H,51,55)/b12-9-/t28-,31-,34+,37+,45-/m1/s1. The number of hydrogen-bond donors (Lipinski definition) is 3. The van der Waals surface area contributed by atoms with Crippen LogP contribution in [-0.2, 0) is 24.4 Å². The Kier molecular flexibility index (Phi) is 11.8. The highest BCUT2D eigenvalue weighted by Crippen LogP contribution is 2.46. The maximum absolute atomic E-state index is 14.9. The highest BCUT2D eigenvalue weighted by atomic mass is 32.2. The quantitative estimate of drug-likeness (QED) is 0.110. The van der Waals surface area contributed by atoms with Crippen molar-refractivity contribution in [1.82, 2.24) is 24.9 Å². The van der Waals surface area contributed by atoms with Crippen LogP contribution in [0.5, 0.6) is 11.5 Å². The number of allylic oxidation sites excluding steroid dienone is 1. The van der Waals surface area contributed by atoms with Crippen LogP contribution in [0.25, 0.3) is 26.4 Å². The van der Waals surface area contributed by atoms with Crippen molar-refractivity contribution in [2.24, 2.45) is 5.92 Å². The van der Waals surface area contributed by atoms with E-state index in [9.17, 15) is 22.8 Å². The predicted octanol–water partition coefficient (Wildman–Crippen LogP) is 7.18. The number of hydrogen-bond acceptors (Lipinski definition) is 11. The molecule has 14 nitrogen and oxygen atoms in total. The molecule has 4 heterocycles. The third-order valence-corrected chi connectivity index (χ3v) is 14.9. The van der Waals surface area contributed by atoms with E-state index in [1.807, 2.05) is 48.7 Å². The monoisotopic (exact) mass is 865 g/mol. The molecule has 3 amide bonds. The Bertz CT molecular complexity index is 2550. The van der Waals surface area contributed by atoms with Gasteiger partial charge in [0.2, 0.25) is 21.8 Å². The number of carbonyl (C=O) groups is 3.